The molecule has 5 N–H and O–H groups in total. The van der Waals surface area contributed by atoms with Gasteiger partial charge in [0, 0.05) is 44.9 Å². The molecule has 2 aliphatic heterocycles. The van der Waals surface area contributed by atoms with Gasteiger partial charge in [-0.1, -0.05) is 11.6 Å². The van der Waals surface area contributed by atoms with Crippen LogP contribution in [0.5, 0.6) is 5.75 Å². The first-order valence-electron chi connectivity index (χ1n) is 13.8. The van der Waals surface area contributed by atoms with E-state index in [9.17, 15) is 14.4 Å². The molecule has 0 spiro atoms. The quantitative estimate of drug-likeness (QED) is 0.242. The van der Waals surface area contributed by atoms with E-state index in [4.69, 9.17) is 31.5 Å². The fraction of sp³-hybridized carbons (Fsp3) is 0.483. The number of nitrogens with zero attached hydrogens (tertiary/aromatic N) is 1. The van der Waals surface area contributed by atoms with E-state index in [0.29, 0.717) is 60.7 Å². The number of esters is 1. The molecular formula is C29H38ClN5O6. The number of nitrogens with two attached hydrogens (primary N) is 1. The van der Waals surface area contributed by atoms with Crippen LogP contribution in [0.1, 0.15) is 50.3 Å². The highest BCUT2D eigenvalue weighted by atomic mass is 35.5. The molecule has 2 unspecified atom stereocenters. The van der Waals surface area contributed by atoms with E-state index in [1.807, 2.05) is 0 Å². The Morgan fingerprint density at radius 2 is 1.76 bits per heavy atom. The van der Waals surface area contributed by atoms with Crippen LogP contribution in [-0.4, -0.2) is 94.4 Å². The second-order valence-electron chi connectivity index (χ2n) is 10.2. The number of carbonyl (C=O) groups excluding carboxylic acids is 3. The van der Waals surface area contributed by atoms with Crippen LogP contribution in [0.4, 0.5) is 5.69 Å². The number of hydrogen-bond donors (Lipinski definition) is 4. The molecule has 11 nitrogen and oxygen atoms in total. The highest BCUT2D eigenvalue weighted by Crippen LogP contribution is 2.29. The normalized spacial score (nSPS) is 19.8. The van der Waals surface area contributed by atoms with Crippen molar-refractivity contribution in [3.05, 3.63) is 58.1 Å². The molecule has 2 aromatic rings. The van der Waals surface area contributed by atoms with Crippen LogP contribution < -0.4 is 26.4 Å². The van der Waals surface area contributed by atoms with Gasteiger partial charge in [0.2, 0.25) is 0 Å². The summed E-state index contributed by atoms with van der Waals surface area (Å²) in [6, 6.07) is 9.32. The summed E-state index contributed by atoms with van der Waals surface area (Å²) in [5, 5.41) is 9.48. The number of nitrogens with one attached hydrogen (secondary N) is 3. The van der Waals surface area contributed by atoms with Gasteiger partial charge < -0.3 is 35.9 Å². The van der Waals surface area contributed by atoms with Crippen molar-refractivity contribution in [1.82, 2.24) is 20.9 Å². The minimum Gasteiger partial charge on any atom is -0.496 e. The molecule has 0 aromatic heterocycles. The molecule has 2 heterocycles. The summed E-state index contributed by atoms with van der Waals surface area (Å²) >= 11 is 6.12. The topological polar surface area (TPSA) is 144 Å². The minimum atomic E-state index is -0.368. The van der Waals surface area contributed by atoms with Crippen LogP contribution >= 0.6 is 11.6 Å². The van der Waals surface area contributed by atoms with Gasteiger partial charge in [0.05, 0.1) is 41.1 Å². The van der Waals surface area contributed by atoms with Crippen LogP contribution in [0.3, 0.4) is 0 Å². The van der Waals surface area contributed by atoms with E-state index in [1.54, 1.807) is 31.4 Å². The zero-order valence-electron chi connectivity index (χ0n) is 23.4. The van der Waals surface area contributed by atoms with Crippen molar-refractivity contribution in [2.24, 2.45) is 0 Å². The summed E-state index contributed by atoms with van der Waals surface area (Å²) in [7, 11) is 3.08. The third-order valence-electron chi connectivity index (χ3n) is 7.48. The number of ether oxygens (including phenoxy) is 3. The molecule has 41 heavy (non-hydrogen) atoms. The number of piperidine rings is 2. The number of nitrogen functional groups attached to an aromatic ring is 1. The van der Waals surface area contributed by atoms with Crippen LogP contribution in [0.25, 0.3) is 0 Å². The van der Waals surface area contributed by atoms with Gasteiger partial charge in [0.15, 0.2) is 0 Å². The summed E-state index contributed by atoms with van der Waals surface area (Å²) in [6.07, 6.45) is 1.96. The lowest BCUT2D eigenvalue weighted by Gasteiger charge is -2.38. The molecule has 2 atom stereocenters. The Morgan fingerprint density at radius 1 is 1.05 bits per heavy atom. The maximum Gasteiger partial charge on any atom is 0.338 e. The van der Waals surface area contributed by atoms with E-state index in [-0.39, 0.29) is 41.1 Å². The van der Waals surface area contributed by atoms with Gasteiger partial charge in [-0.05, 0) is 62.7 Å². The first-order chi connectivity index (χ1) is 19.8. The number of hydrogen-bond acceptors (Lipinski definition) is 9. The van der Waals surface area contributed by atoms with Gasteiger partial charge in [-0.2, -0.15) is 0 Å². The Bertz CT molecular complexity index is 1220. The molecule has 0 aliphatic carbocycles. The number of methoxy groups -OCH3 is 2. The predicted octanol–water partition coefficient (Wildman–Crippen LogP) is 2.09. The average Bonchev–Trinajstić information content (AvgIpc) is 2.99. The highest BCUT2D eigenvalue weighted by molar-refractivity contribution is 6.33. The van der Waals surface area contributed by atoms with Crippen molar-refractivity contribution in [3.8, 4) is 5.75 Å². The van der Waals surface area contributed by atoms with Gasteiger partial charge in [-0.25, -0.2) is 4.79 Å². The molecule has 12 heteroatoms. The zero-order valence-corrected chi connectivity index (χ0v) is 24.2. The monoisotopic (exact) mass is 587 g/mol. The van der Waals surface area contributed by atoms with Crippen molar-refractivity contribution in [2.75, 3.05) is 59.2 Å². The largest absolute Gasteiger partial charge is 0.496 e. The highest BCUT2D eigenvalue weighted by Gasteiger charge is 2.31. The number of benzene rings is 2. The van der Waals surface area contributed by atoms with E-state index in [2.05, 4.69) is 20.9 Å². The van der Waals surface area contributed by atoms with Crippen LogP contribution in [0.2, 0.25) is 5.02 Å². The second-order valence-corrected chi connectivity index (χ2v) is 10.6. The number of amides is 2. The van der Waals surface area contributed by atoms with Crippen LogP contribution in [0, 0.1) is 0 Å². The number of rotatable bonds is 10. The lowest BCUT2D eigenvalue weighted by Crippen LogP contribution is -2.55. The average molecular weight is 588 g/mol. The Hall–Kier alpha value is -3.38. The van der Waals surface area contributed by atoms with Crippen molar-refractivity contribution < 1.29 is 28.6 Å². The van der Waals surface area contributed by atoms with Gasteiger partial charge in [-0.3, -0.25) is 14.5 Å². The fourth-order valence-electron chi connectivity index (χ4n) is 5.07. The summed E-state index contributed by atoms with van der Waals surface area (Å²) in [4.78, 5) is 40.2. The molecule has 2 amide bonds. The Morgan fingerprint density at radius 3 is 2.44 bits per heavy atom. The molecule has 2 fully saturated rings. The number of halogens is 1. The van der Waals surface area contributed by atoms with E-state index < -0.39 is 0 Å². The lowest BCUT2D eigenvalue weighted by atomic mass is 10.0. The number of anilines is 1. The fourth-order valence-corrected chi connectivity index (χ4v) is 5.23. The number of carbonyl (C=O) groups is 3. The maximum absolute atomic E-state index is 13.0. The molecule has 0 bridgehead atoms. The molecule has 2 aromatic carbocycles. The van der Waals surface area contributed by atoms with E-state index in [0.717, 1.165) is 25.9 Å². The standard InChI is InChI=1S/C29H38ClN5O6/c1-39-25-16-23(31)22(30)15-21(25)28(37)34-24-9-13-35(17-26(24)40-2)14-12-33-27(36)18-3-5-19(6-4-18)29(38)41-20-7-10-32-11-8-20/h3-6,15-16,20,24,26,32H,7-14,17,31H2,1-2H3,(H,33,36)(H,34,37). The maximum atomic E-state index is 13.0. The lowest BCUT2D eigenvalue weighted by molar-refractivity contribution is 0.00682. The Balaban J connectivity index is 1.22. The Labute approximate surface area is 245 Å². The van der Waals surface area contributed by atoms with Crippen molar-refractivity contribution >= 4 is 35.1 Å². The third-order valence-corrected chi connectivity index (χ3v) is 7.81. The SMILES string of the molecule is COc1cc(N)c(Cl)cc1C(=O)NC1CCN(CCNC(=O)c2ccc(C(=O)OC3CCNCC3)cc2)CC1OC. The third kappa shape index (κ3) is 8.10. The smallest absolute Gasteiger partial charge is 0.338 e. The molecule has 2 aliphatic rings. The summed E-state index contributed by atoms with van der Waals surface area (Å²) < 4.78 is 16.6. The predicted molar refractivity (Wildman–Crippen MR) is 156 cm³/mol. The van der Waals surface area contributed by atoms with Crippen LogP contribution in [-0.2, 0) is 9.47 Å². The van der Waals surface area contributed by atoms with Gasteiger partial charge in [0.25, 0.3) is 11.8 Å². The van der Waals surface area contributed by atoms with E-state index >= 15 is 0 Å². The zero-order chi connectivity index (χ0) is 29.4. The summed E-state index contributed by atoms with van der Waals surface area (Å²) in [5.74, 6) is -0.558. The molecular weight excluding hydrogens is 550 g/mol. The summed E-state index contributed by atoms with van der Waals surface area (Å²) in [6.45, 7) is 4.04. The molecule has 222 valence electrons. The summed E-state index contributed by atoms with van der Waals surface area (Å²) in [5.41, 5.74) is 7.37. The second kappa shape index (κ2) is 14.5. The molecule has 2 saturated heterocycles. The van der Waals surface area contributed by atoms with Crippen molar-refractivity contribution in [3.63, 3.8) is 0 Å². The Kier molecular flexibility index (Phi) is 10.8. The molecule has 0 saturated carbocycles. The van der Waals surface area contributed by atoms with E-state index in [1.165, 1.54) is 19.2 Å². The van der Waals surface area contributed by atoms with Crippen molar-refractivity contribution in [1.29, 1.82) is 0 Å². The van der Waals surface area contributed by atoms with Gasteiger partial charge in [0.1, 0.15) is 11.9 Å². The van der Waals surface area contributed by atoms with Crippen LogP contribution in [0.15, 0.2) is 36.4 Å². The van der Waals surface area contributed by atoms with Crippen molar-refractivity contribution in [2.45, 2.75) is 37.5 Å². The first kappa shape index (κ1) is 30.6. The van der Waals surface area contributed by atoms with Gasteiger partial charge in [-0.15, -0.1) is 0 Å². The molecule has 0 radical (unpaired) electrons. The molecule has 4 rings (SSSR count). The number of likely N-dealkylation sites (tertiary alicyclic amines) is 1. The first-order valence-corrected chi connectivity index (χ1v) is 14.2. The van der Waals surface area contributed by atoms with Gasteiger partial charge >= 0.3 is 5.97 Å². The minimum absolute atomic E-state index is 0.0721.